The van der Waals surface area contributed by atoms with Crippen molar-refractivity contribution in [3.8, 4) is 0 Å². The van der Waals surface area contributed by atoms with E-state index in [4.69, 9.17) is 0 Å². The minimum atomic E-state index is -0.682. The smallest absolute Gasteiger partial charge is 0.0759 e. The molecule has 158 valence electrons. The van der Waals surface area contributed by atoms with Crippen molar-refractivity contribution in [3.63, 3.8) is 0 Å². The summed E-state index contributed by atoms with van der Waals surface area (Å²) in [4.78, 5) is 0. The van der Waals surface area contributed by atoms with Gasteiger partial charge in [0, 0.05) is 13.0 Å². The third kappa shape index (κ3) is 1.89. The van der Waals surface area contributed by atoms with Gasteiger partial charge in [0.05, 0.1) is 17.3 Å². The van der Waals surface area contributed by atoms with Crippen molar-refractivity contribution < 1.29 is 20.4 Å². The van der Waals surface area contributed by atoms with Crippen LogP contribution in [0.5, 0.6) is 0 Å². The molecule has 6 rings (SSSR count). The zero-order valence-electron chi connectivity index (χ0n) is 17.5. The third-order valence-corrected chi connectivity index (χ3v) is 11.5. The Hall–Kier alpha value is -0.160. The molecule has 6 fully saturated rings. The SMILES string of the molecule is C[C@]12CC[C@H]3C([C@H]4CC4[C@]4(O)C[C@@H](O)CC[C@]34C)[C@@H]1C1CC1[C@@]2(O)CCCO. The average Bonchev–Trinajstić information content (AvgIpc) is 3.54. The number of hydrogen-bond donors (Lipinski definition) is 4. The summed E-state index contributed by atoms with van der Waals surface area (Å²) >= 11 is 0. The van der Waals surface area contributed by atoms with Gasteiger partial charge in [0.1, 0.15) is 0 Å². The molecule has 6 saturated carbocycles. The Morgan fingerprint density at radius 3 is 2.36 bits per heavy atom. The van der Waals surface area contributed by atoms with Gasteiger partial charge in [0.15, 0.2) is 0 Å². The van der Waals surface area contributed by atoms with Crippen LogP contribution < -0.4 is 0 Å². The van der Waals surface area contributed by atoms with Crippen LogP contribution in [0.1, 0.15) is 71.6 Å². The first-order valence-corrected chi connectivity index (χ1v) is 11.9. The van der Waals surface area contributed by atoms with Gasteiger partial charge >= 0.3 is 0 Å². The quantitative estimate of drug-likeness (QED) is 0.597. The van der Waals surface area contributed by atoms with Crippen molar-refractivity contribution in [2.75, 3.05) is 6.61 Å². The Kier molecular flexibility index (Phi) is 3.56. The summed E-state index contributed by atoms with van der Waals surface area (Å²) in [6.07, 6.45) is 7.91. The molecule has 0 bridgehead atoms. The number of aliphatic hydroxyl groups excluding tert-OH is 2. The summed E-state index contributed by atoms with van der Waals surface area (Å²) < 4.78 is 0. The zero-order chi connectivity index (χ0) is 19.7. The zero-order valence-corrected chi connectivity index (χ0v) is 17.5. The van der Waals surface area contributed by atoms with Gasteiger partial charge in [-0.1, -0.05) is 13.8 Å². The molecule has 0 saturated heterocycles. The number of hydrogen-bond acceptors (Lipinski definition) is 4. The van der Waals surface area contributed by atoms with Crippen molar-refractivity contribution in [2.24, 2.45) is 52.3 Å². The molecule has 0 aromatic rings. The summed E-state index contributed by atoms with van der Waals surface area (Å²) in [5.74, 6) is 3.82. The maximum atomic E-state index is 11.9. The second kappa shape index (κ2) is 5.36. The van der Waals surface area contributed by atoms with Crippen molar-refractivity contribution in [3.05, 3.63) is 0 Å². The Labute approximate surface area is 168 Å². The average molecular weight is 391 g/mol. The molecular formula is C24H38O4. The van der Waals surface area contributed by atoms with Crippen molar-refractivity contribution in [2.45, 2.75) is 88.9 Å². The van der Waals surface area contributed by atoms with E-state index in [-0.39, 0.29) is 23.5 Å². The van der Waals surface area contributed by atoms with Crippen LogP contribution >= 0.6 is 0 Å². The molecule has 0 amide bonds. The highest BCUT2D eigenvalue weighted by Gasteiger charge is 2.80. The summed E-state index contributed by atoms with van der Waals surface area (Å²) in [7, 11) is 0. The minimum Gasteiger partial charge on any atom is -0.396 e. The van der Waals surface area contributed by atoms with Crippen LogP contribution in [-0.4, -0.2) is 44.3 Å². The monoisotopic (exact) mass is 390 g/mol. The lowest BCUT2D eigenvalue weighted by Crippen LogP contribution is -2.65. The fraction of sp³-hybridized carbons (Fsp3) is 1.00. The van der Waals surface area contributed by atoms with Crippen LogP contribution in [0.25, 0.3) is 0 Å². The predicted octanol–water partition coefficient (Wildman–Crippen LogP) is 2.72. The van der Waals surface area contributed by atoms with Gasteiger partial charge < -0.3 is 20.4 Å². The molecule has 4 N–H and O–H groups in total. The number of fused-ring (bicyclic) bond motifs is 10. The standard InChI is InChI=1S/C24H38O4/c1-21-7-4-13(26)12-24(21,28)17-10-14(17)19-16(21)5-8-22(2)20(19)15-11-18(15)23(22,27)6-3-9-25/h13-20,25-28H,3-12H2,1-2H3/t13-,14-,15?,16-,17?,18?,19?,20-,21+,22-,23-,24+/m0/s1. The Bertz CT molecular complexity index is 696. The van der Waals surface area contributed by atoms with E-state index in [0.717, 1.165) is 38.5 Å². The lowest BCUT2D eigenvalue weighted by molar-refractivity contribution is -0.237. The van der Waals surface area contributed by atoms with E-state index in [9.17, 15) is 20.4 Å². The lowest BCUT2D eigenvalue weighted by Gasteiger charge is -2.64. The van der Waals surface area contributed by atoms with E-state index in [1.807, 2.05) is 0 Å². The summed E-state index contributed by atoms with van der Waals surface area (Å²) in [6.45, 7) is 4.87. The fourth-order valence-electron chi connectivity index (χ4n) is 10.1. The second-order valence-corrected chi connectivity index (χ2v) is 12.2. The highest BCUT2D eigenvalue weighted by Crippen LogP contribution is 2.82. The topological polar surface area (TPSA) is 80.9 Å². The summed E-state index contributed by atoms with van der Waals surface area (Å²) in [5.41, 5.74) is -1.38. The van der Waals surface area contributed by atoms with Crippen molar-refractivity contribution in [1.29, 1.82) is 0 Å². The van der Waals surface area contributed by atoms with Crippen molar-refractivity contribution in [1.82, 2.24) is 0 Å². The number of aliphatic hydroxyl groups is 4. The van der Waals surface area contributed by atoms with E-state index >= 15 is 0 Å². The van der Waals surface area contributed by atoms with Gasteiger partial charge in [-0.3, -0.25) is 0 Å². The molecule has 0 spiro atoms. The lowest BCUT2D eigenvalue weighted by atomic mass is 9.42. The highest BCUT2D eigenvalue weighted by atomic mass is 16.3. The molecule has 0 aliphatic heterocycles. The van der Waals surface area contributed by atoms with Gasteiger partial charge in [-0.25, -0.2) is 0 Å². The molecule has 6 aliphatic carbocycles. The Morgan fingerprint density at radius 1 is 0.893 bits per heavy atom. The van der Waals surface area contributed by atoms with Crippen LogP contribution in [0.3, 0.4) is 0 Å². The van der Waals surface area contributed by atoms with Crippen molar-refractivity contribution >= 4 is 0 Å². The van der Waals surface area contributed by atoms with Crippen LogP contribution in [-0.2, 0) is 0 Å². The van der Waals surface area contributed by atoms with E-state index in [1.54, 1.807) is 0 Å². The molecule has 4 heteroatoms. The van der Waals surface area contributed by atoms with E-state index in [0.29, 0.717) is 54.3 Å². The Morgan fingerprint density at radius 2 is 1.61 bits per heavy atom. The fourth-order valence-corrected chi connectivity index (χ4v) is 10.1. The summed E-state index contributed by atoms with van der Waals surface area (Å²) in [6, 6.07) is 0. The van der Waals surface area contributed by atoms with Crippen LogP contribution in [0.2, 0.25) is 0 Å². The van der Waals surface area contributed by atoms with Gasteiger partial charge in [-0.05, 0) is 104 Å². The van der Waals surface area contributed by atoms with Crippen LogP contribution in [0, 0.1) is 52.3 Å². The maximum Gasteiger partial charge on any atom is 0.0759 e. The molecule has 12 atom stereocenters. The largest absolute Gasteiger partial charge is 0.396 e. The Balaban J connectivity index is 1.38. The first kappa shape index (κ1) is 18.6. The predicted molar refractivity (Wildman–Crippen MR) is 105 cm³/mol. The molecule has 0 radical (unpaired) electrons. The molecule has 4 unspecified atom stereocenters. The normalized spacial score (nSPS) is 66.2. The van der Waals surface area contributed by atoms with E-state index < -0.39 is 11.2 Å². The van der Waals surface area contributed by atoms with E-state index in [1.165, 1.54) is 6.42 Å². The molecule has 0 heterocycles. The second-order valence-electron chi connectivity index (χ2n) is 12.2. The summed E-state index contributed by atoms with van der Waals surface area (Å²) in [5, 5.41) is 43.4. The first-order valence-electron chi connectivity index (χ1n) is 11.9. The maximum absolute atomic E-state index is 11.9. The molecule has 28 heavy (non-hydrogen) atoms. The van der Waals surface area contributed by atoms with E-state index in [2.05, 4.69) is 13.8 Å². The van der Waals surface area contributed by atoms with Crippen LogP contribution in [0.15, 0.2) is 0 Å². The van der Waals surface area contributed by atoms with Crippen LogP contribution in [0.4, 0.5) is 0 Å². The highest BCUT2D eigenvalue weighted by molar-refractivity contribution is 5.29. The van der Waals surface area contributed by atoms with Gasteiger partial charge in [0.25, 0.3) is 0 Å². The third-order valence-electron chi connectivity index (χ3n) is 11.5. The molecule has 0 aromatic heterocycles. The van der Waals surface area contributed by atoms with Gasteiger partial charge in [0.2, 0.25) is 0 Å². The molecule has 6 aliphatic rings. The first-order chi connectivity index (χ1) is 13.2. The molecule has 0 aromatic carbocycles. The minimum absolute atomic E-state index is 0.0238. The number of rotatable bonds is 3. The molecular weight excluding hydrogens is 352 g/mol. The molecule has 4 nitrogen and oxygen atoms in total. The van der Waals surface area contributed by atoms with Gasteiger partial charge in [-0.15, -0.1) is 0 Å². The van der Waals surface area contributed by atoms with Gasteiger partial charge in [-0.2, -0.15) is 0 Å².